The summed E-state index contributed by atoms with van der Waals surface area (Å²) in [5.74, 6) is 0.167. The SMILES string of the molecule is C[C@@H](C(=O)NCCN1CCCC1)n1c(Cc2ccccc2F)nc2cc(Cl)c(Cl)cc21. The maximum absolute atomic E-state index is 14.3. The lowest BCUT2D eigenvalue weighted by molar-refractivity contribution is -0.123. The van der Waals surface area contributed by atoms with E-state index in [4.69, 9.17) is 23.2 Å². The van der Waals surface area contributed by atoms with E-state index in [9.17, 15) is 9.18 Å². The predicted octanol–water partition coefficient (Wildman–Crippen LogP) is 4.85. The van der Waals surface area contributed by atoms with Gasteiger partial charge in [0.2, 0.25) is 5.91 Å². The molecule has 0 unspecified atom stereocenters. The molecule has 1 saturated heterocycles. The summed E-state index contributed by atoms with van der Waals surface area (Å²) < 4.78 is 16.1. The standard InChI is InChI=1S/C23H25Cl2FN4O/c1-15(23(31)27-8-11-29-9-4-5-10-29)30-21-14-18(25)17(24)13-20(21)28-22(30)12-16-6-2-3-7-19(16)26/h2-3,6-7,13-15H,4-5,8-12H2,1H3,(H,27,31)/t15-/m0/s1. The normalized spacial score (nSPS) is 15.5. The van der Waals surface area contributed by atoms with Crippen LogP contribution in [-0.4, -0.2) is 46.5 Å². The number of carbonyl (C=O) groups is 1. The zero-order valence-electron chi connectivity index (χ0n) is 17.4. The Morgan fingerprint density at radius 2 is 1.90 bits per heavy atom. The van der Waals surface area contributed by atoms with Gasteiger partial charge < -0.3 is 14.8 Å². The predicted molar refractivity (Wildman–Crippen MR) is 122 cm³/mol. The highest BCUT2D eigenvalue weighted by Crippen LogP contribution is 2.31. The van der Waals surface area contributed by atoms with Crippen molar-refractivity contribution in [2.24, 2.45) is 0 Å². The molecule has 31 heavy (non-hydrogen) atoms. The van der Waals surface area contributed by atoms with Gasteiger partial charge in [0.15, 0.2) is 0 Å². The number of amides is 1. The Morgan fingerprint density at radius 3 is 2.65 bits per heavy atom. The summed E-state index contributed by atoms with van der Waals surface area (Å²) in [4.78, 5) is 20.0. The Balaban J connectivity index is 1.62. The summed E-state index contributed by atoms with van der Waals surface area (Å²) in [6, 6.07) is 9.43. The maximum atomic E-state index is 14.3. The minimum absolute atomic E-state index is 0.112. The van der Waals surface area contributed by atoms with E-state index in [1.165, 1.54) is 18.9 Å². The molecule has 4 rings (SSSR count). The van der Waals surface area contributed by atoms with Crippen molar-refractivity contribution in [1.29, 1.82) is 0 Å². The summed E-state index contributed by atoms with van der Waals surface area (Å²) in [5, 5.41) is 3.80. The van der Waals surface area contributed by atoms with Gasteiger partial charge in [0.25, 0.3) is 0 Å². The van der Waals surface area contributed by atoms with Gasteiger partial charge in [0.1, 0.15) is 17.7 Å². The largest absolute Gasteiger partial charge is 0.353 e. The minimum atomic E-state index is -0.539. The number of hydrogen-bond acceptors (Lipinski definition) is 3. The van der Waals surface area contributed by atoms with Crippen LogP contribution >= 0.6 is 23.2 Å². The van der Waals surface area contributed by atoms with Crippen molar-refractivity contribution in [2.45, 2.75) is 32.2 Å². The highest BCUT2D eigenvalue weighted by Gasteiger charge is 2.23. The molecule has 1 N–H and O–H groups in total. The van der Waals surface area contributed by atoms with Crippen LogP contribution < -0.4 is 5.32 Å². The number of nitrogens with one attached hydrogen (secondary N) is 1. The first-order valence-corrected chi connectivity index (χ1v) is 11.3. The Bertz CT molecular complexity index is 1090. The highest BCUT2D eigenvalue weighted by molar-refractivity contribution is 6.42. The van der Waals surface area contributed by atoms with Crippen LogP contribution in [0.4, 0.5) is 4.39 Å². The molecule has 2 heterocycles. The van der Waals surface area contributed by atoms with Crippen LogP contribution in [-0.2, 0) is 11.2 Å². The van der Waals surface area contributed by atoms with Crippen molar-refractivity contribution in [1.82, 2.24) is 19.8 Å². The maximum Gasteiger partial charge on any atom is 0.242 e. The van der Waals surface area contributed by atoms with E-state index in [1.807, 2.05) is 11.5 Å². The Kier molecular flexibility index (Phi) is 6.80. The first-order chi connectivity index (χ1) is 14.9. The number of aromatic nitrogens is 2. The zero-order chi connectivity index (χ0) is 22.0. The van der Waals surface area contributed by atoms with Crippen molar-refractivity contribution in [3.8, 4) is 0 Å². The average Bonchev–Trinajstić information content (AvgIpc) is 3.37. The molecule has 0 radical (unpaired) electrons. The van der Waals surface area contributed by atoms with Crippen molar-refractivity contribution in [3.63, 3.8) is 0 Å². The van der Waals surface area contributed by atoms with Gasteiger partial charge in [-0.2, -0.15) is 0 Å². The molecule has 1 aliphatic rings. The fraction of sp³-hybridized carbons (Fsp3) is 0.391. The fourth-order valence-corrected chi connectivity index (χ4v) is 4.43. The van der Waals surface area contributed by atoms with E-state index in [0.29, 0.717) is 39.0 Å². The van der Waals surface area contributed by atoms with Gasteiger partial charge in [-0.15, -0.1) is 0 Å². The van der Waals surface area contributed by atoms with Gasteiger partial charge in [-0.25, -0.2) is 9.37 Å². The number of carbonyl (C=O) groups excluding carboxylic acids is 1. The number of hydrogen-bond donors (Lipinski definition) is 1. The number of imidazole rings is 1. The van der Waals surface area contributed by atoms with Crippen LogP contribution in [0.3, 0.4) is 0 Å². The van der Waals surface area contributed by atoms with Gasteiger partial charge in [-0.05, 0) is 56.6 Å². The van der Waals surface area contributed by atoms with Crippen molar-refractivity contribution < 1.29 is 9.18 Å². The first kappa shape index (κ1) is 22.1. The van der Waals surface area contributed by atoms with Crippen molar-refractivity contribution >= 4 is 40.1 Å². The highest BCUT2D eigenvalue weighted by atomic mass is 35.5. The van der Waals surface area contributed by atoms with E-state index in [1.54, 1.807) is 30.3 Å². The number of rotatable bonds is 7. The molecular formula is C23H25Cl2FN4O. The summed E-state index contributed by atoms with van der Waals surface area (Å²) in [6.45, 7) is 5.42. The smallest absolute Gasteiger partial charge is 0.242 e. The summed E-state index contributed by atoms with van der Waals surface area (Å²) in [5.41, 5.74) is 1.83. The lowest BCUT2D eigenvalue weighted by atomic mass is 10.1. The topological polar surface area (TPSA) is 50.2 Å². The van der Waals surface area contributed by atoms with Crippen molar-refractivity contribution in [3.05, 3.63) is 63.6 Å². The number of likely N-dealkylation sites (tertiary alicyclic amines) is 1. The fourth-order valence-electron chi connectivity index (χ4n) is 4.12. The van der Waals surface area contributed by atoms with Gasteiger partial charge >= 0.3 is 0 Å². The molecule has 2 aromatic carbocycles. The van der Waals surface area contributed by atoms with E-state index >= 15 is 0 Å². The van der Waals surface area contributed by atoms with Crippen LogP contribution in [0, 0.1) is 5.82 Å². The molecule has 1 aliphatic heterocycles. The third-order valence-corrected chi connectivity index (χ3v) is 6.53. The lowest BCUT2D eigenvalue weighted by Crippen LogP contribution is -2.37. The van der Waals surface area contributed by atoms with E-state index in [-0.39, 0.29) is 18.1 Å². The van der Waals surface area contributed by atoms with Crippen molar-refractivity contribution in [2.75, 3.05) is 26.2 Å². The summed E-state index contributed by atoms with van der Waals surface area (Å²) >= 11 is 12.4. The number of fused-ring (bicyclic) bond motifs is 1. The Hall–Kier alpha value is -2.15. The molecule has 5 nitrogen and oxygen atoms in total. The van der Waals surface area contributed by atoms with E-state index in [2.05, 4.69) is 15.2 Å². The molecule has 1 amide bonds. The Morgan fingerprint density at radius 1 is 1.19 bits per heavy atom. The lowest BCUT2D eigenvalue weighted by Gasteiger charge is -2.19. The van der Waals surface area contributed by atoms with Crippen LogP contribution in [0.5, 0.6) is 0 Å². The molecule has 8 heteroatoms. The van der Waals surface area contributed by atoms with Crippen LogP contribution in [0.25, 0.3) is 11.0 Å². The molecular weight excluding hydrogens is 438 g/mol. The molecule has 1 fully saturated rings. The summed E-state index contributed by atoms with van der Waals surface area (Å²) in [7, 11) is 0. The van der Waals surface area contributed by atoms with E-state index in [0.717, 1.165) is 19.6 Å². The third kappa shape index (κ3) is 4.86. The third-order valence-electron chi connectivity index (χ3n) is 5.80. The second kappa shape index (κ2) is 9.55. The van der Waals surface area contributed by atoms with Gasteiger partial charge in [-0.3, -0.25) is 4.79 Å². The number of benzene rings is 2. The second-order valence-corrected chi connectivity index (χ2v) is 8.75. The zero-order valence-corrected chi connectivity index (χ0v) is 18.9. The number of nitrogens with zero attached hydrogens (tertiary/aromatic N) is 3. The monoisotopic (exact) mass is 462 g/mol. The molecule has 0 aliphatic carbocycles. The van der Waals surface area contributed by atoms with Gasteiger partial charge in [0.05, 0.1) is 21.1 Å². The average molecular weight is 463 g/mol. The van der Waals surface area contributed by atoms with Gasteiger partial charge in [0, 0.05) is 19.5 Å². The van der Waals surface area contributed by atoms with Crippen LogP contribution in [0.1, 0.15) is 37.2 Å². The van der Waals surface area contributed by atoms with E-state index < -0.39 is 6.04 Å². The Labute approximate surface area is 191 Å². The quantitative estimate of drug-likeness (QED) is 0.545. The molecule has 3 aromatic rings. The first-order valence-electron chi connectivity index (χ1n) is 10.5. The minimum Gasteiger partial charge on any atom is -0.353 e. The summed E-state index contributed by atoms with van der Waals surface area (Å²) in [6.07, 6.45) is 2.68. The second-order valence-electron chi connectivity index (χ2n) is 7.94. The number of halogens is 3. The molecule has 0 spiro atoms. The molecule has 0 bridgehead atoms. The molecule has 1 atom stereocenters. The van der Waals surface area contributed by atoms with Crippen LogP contribution in [0.15, 0.2) is 36.4 Å². The molecule has 164 valence electrons. The van der Waals surface area contributed by atoms with Gasteiger partial charge in [-0.1, -0.05) is 41.4 Å². The molecule has 1 aromatic heterocycles. The molecule has 0 saturated carbocycles. The van der Waals surface area contributed by atoms with Crippen LogP contribution in [0.2, 0.25) is 10.0 Å².